The quantitative estimate of drug-likeness (QED) is 0.918. The van der Waals surface area contributed by atoms with Crippen molar-refractivity contribution < 1.29 is 14.4 Å². The van der Waals surface area contributed by atoms with Crippen LogP contribution in [0, 0.1) is 0 Å². The summed E-state index contributed by atoms with van der Waals surface area (Å²) in [6.07, 6.45) is 1.77. The zero-order valence-corrected chi connectivity index (χ0v) is 14.2. The Kier molecular flexibility index (Phi) is 3.95. The largest absolute Gasteiger partial charge is 0.368 e. The summed E-state index contributed by atoms with van der Waals surface area (Å²) >= 11 is 0. The van der Waals surface area contributed by atoms with Crippen molar-refractivity contribution in [3.63, 3.8) is 0 Å². The molecule has 2 N–H and O–H groups in total. The van der Waals surface area contributed by atoms with Crippen molar-refractivity contribution in [2.24, 2.45) is 5.73 Å². The number of fused-ring (bicyclic) bond motifs is 1. The summed E-state index contributed by atoms with van der Waals surface area (Å²) in [5, 5.41) is 0. The van der Waals surface area contributed by atoms with Crippen molar-refractivity contribution in [3.8, 4) is 0 Å². The molecule has 0 aliphatic carbocycles. The number of nitrogens with two attached hydrogens (primary N) is 1. The molecule has 26 heavy (non-hydrogen) atoms. The summed E-state index contributed by atoms with van der Waals surface area (Å²) in [5.74, 6) is -0.746. The first-order chi connectivity index (χ1) is 12.6. The maximum atomic E-state index is 13.2. The summed E-state index contributed by atoms with van der Waals surface area (Å²) < 4.78 is 0. The van der Waals surface area contributed by atoms with Crippen LogP contribution in [-0.4, -0.2) is 30.3 Å². The van der Waals surface area contributed by atoms with Crippen molar-refractivity contribution in [2.75, 3.05) is 16.3 Å². The Labute approximate surface area is 151 Å². The summed E-state index contributed by atoms with van der Waals surface area (Å²) in [4.78, 5) is 40.3. The molecule has 2 aromatic carbocycles. The number of primary amides is 1. The average molecular weight is 349 g/mol. The lowest BCUT2D eigenvalue weighted by Gasteiger charge is -2.24. The van der Waals surface area contributed by atoms with Gasteiger partial charge in [-0.3, -0.25) is 19.3 Å². The number of carbonyl (C=O) groups excluding carboxylic acids is 3. The third-order valence-electron chi connectivity index (χ3n) is 5.00. The Hall–Kier alpha value is -3.15. The molecular weight excluding hydrogens is 330 g/mol. The van der Waals surface area contributed by atoms with Crippen molar-refractivity contribution >= 4 is 29.1 Å². The molecule has 132 valence electrons. The molecule has 1 fully saturated rings. The van der Waals surface area contributed by atoms with E-state index in [0.717, 1.165) is 12.0 Å². The summed E-state index contributed by atoms with van der Waals surface area (Å²) in [5.41, 5.74) is 8.33. The zero-order chi connectivity index (χ0) is 18.3. The number of rotatable bonds is 3. The van der Waals surface area contributed by atoms with Crippen LogP contribution in [0.3, 0.4) is 0 Å². The Balaban J connectivity index is 1.70. The first kappa shape index (κ1) is 16.3. The van der Waals surface area contributed by atoms with Crippen LogP contribution in [0.2, 0.25) is 0 Å². The van der Waals surface area contributed by atoms with Gasteiger partial charge in [0.15, 0.2) is 0 Å². The van der Waals surface area contributed by atoms with Gasteiger partial charge in [0.2, 0.25) is 11.8 Å². The molecule has 4 rings (SSSR count). The highest BCUT2D eigenvalue weighted by molar-refractivity contribution is 6.12. The van der Waals surface area contributed by atoms with Gasteiger partial charge in [-0.05, 0) is 36.2 Å². The second kappa shape index (κ2) is 6.29. The van der Waals surface area contributed by atoms with Crippen molar-refractivity contribution in [1.82, 2.24) is 0 Å². The smallest absolute Gasteiger partial charge is 0.259 e. The minimum atomic E-state index is -0.697. The van der Waals surface area contributed by atoms with Gasteiger partial charge in [-0.25, -0.2) is 0 Å². The molecule has 0 radical (unpaired) electrons. The van der Waals surface area contributed by atoms with Crippen LogP contribution in [0.1, 0.15) is 28.8 Å². The molecule has 0 aromatic heterocycles. The average Bonchev–Trinajstić information content (AvgIpc) is 3.25. The Morgan fingerprint density at radius 1 is 1.08 bits per heavy atom. The number of benzene rings is 2. The molecule has 2 aromatic rings. The van der Waals surface area contributed by atoms with Crippen molar-refractivity contribution in [1.29, 1.82) is 0 Å². The summed E-state index contributed by atoms with van der Waals surface area (Å²) in [7, 11) is 0. The normalized spacial score (nSPS) is 18.9. The van der Waals surface area contributed by atoms with Crippen LogP contribution in [0.25, 0.3) is 0 Å². The highest BCUT2D eigenvalue weighted by Gasteiger charge is 2.37. The molecule has 2 heterocycles. The molecule has 1 atom stereocenters. The lowest BCUT2D eigenvalue weighted by Crippen LogP contribution is -2.46. The monoisotopic (exact) mass is 349 g/mol. The van der Waals surface area contributed by atoms with E-state index in [1.807, 2.05) is 30.3 Å². The number of nitrogens with zero attached hydrogens (tertiary/aromatic N) is 2. The molecule has 0 unspecified atom stereocenters. The number of hydrogen-bond acceptors (Lipinski definition) is 3. The van der Waals surface area contributed by atoms with Gasteiger partial charge >= 0.3 is 0 Å². The van der Waals surface area contributed by atoms with E-state index in [0.29, 0.717) is 36.3 Å². The number of carbonyl (C=O) groups is 3. The van der Waals surface area contributed by atoms with E-state index in [9.17, 15) is 14.4 Å². The van der Waals surface area contributed by atoms with Crippen LogP contribution >= 0.6 is 0 Å². The first-order valence-electron chi connectivity index (χ1n) is 8.67. The number of amides is 3. The second-order valence-corrected chi connectivity index (χ2v) is 6.63. The van der Waals surface area contributed by atoms with Crippen LogP contribution < -0.4 is 15.5 Å². The van der Waals surface area contributed by atoms with Crippen molar-refractivity contribution in [3.05, 3.63) is 59.7 Å². The molecule has 6 heteroatoms. The van der Waals surface area contributed by atoms with E-state index in [-0.39, 0.29) is 11.8 Å². The summed E-state index contributed by atoms with van der Waals surface area (Å²) in [6, 6.07) is 13.7. The minimum Gasteiger partial charge on any atom is -0.368 e. The molecule has 0 bridgehead atoms. The van der Waals surface area contributed by atoms with E-state index in [1.165, 1.54) is 4.90 Å². The Bertz CT molecular complexity index is 909. The maximum Gasteiger partial charge on any atom is 0.259 e. The summed E-state index contributed by atoms with van der Waals surface area (Å²) in [6.45, 7) is 0.660. The SMILES string of the molecule is NC(=O)[C@@H]1Cc2ccccc2N1C(=O)c1cccc(N2CCCC2=O)c1. The molecule has 0 saturated carbocycles. The predicted molar refractivity (Wildman–Crippen MR) is 98.0 cm³/mol. The Morgan fingerprint density at radius 3 is 2.62 bits per heavy atom. The third kappa shape index (κ3) is 2.63. The van der Waals surface area contributed by atoms with E-state index in [1.54, 1.807) is 23.1 Å². The van der Waals surface area contributed by atoms with Gasteiger partial charge in [-0.15, -0.1) is 0 Å². The molecule has 1 saturated heterocycles. The lowest BCUT2D eigenvalue weighted by molar-refractivity contribution is -0.119. The minimum absolute atomic E-state index is 0.0659. The standard InChI is InChI=1S/C20H19N3O3/c21-19(25)17-12-13-5-1-2-8-16(13)23(17)20(26)14-6-3-7-15(11-14)22-10-4-9-18(22)24/h1-3,5-8,11,17H,4,9-10,12H2,(H2,21,25)/t17-/m0/s1. The maximum absolute atomic E-state index is 13.2. The van der Waals surface area contributed by atoms with Crippen LogP contribution in [0.15, 0.2) is 48.5 Å². The molecule has 6 nitrogen and oxygen atoms in total. The molecule has 3 amide bonds. The van der Waals surface area contributed by atoms with Crippen molar-refractivity contribution in [2.45, 2.75) is 25.3 Å². The fourth-order valence-corrected chi connectivity index (χ4v) is 3.73. The highest BCUT2D eigenvalue weighted by atomic mass is 16.2. The van der Waals surface area contributed by atoms with Gasteiger partial charge in [-0.1, -0.05) is 24.3 Å². The van der Waals surface area contributed by atoms with E-state index in [2.05, 4.69) is 0 Å². The molecule has 0 spiro atoms. The second-order valence-electron chi connectivity index (χ2n) is 6.63. The molecular formula is C20H19N3O3. The van der Waals surface area contributed by atoms with Gasteiger partial charge < -0.3 is 10.6 Å². The van der Waals surface area contributed by atoms with Gasteiger partial charge in [0, 0.05) is 36.3 Å². The lowest BCUT2D eigenvalue weighted by atomic mass is 10.1. The first-order valence-corrected chi connectivity index (χ1v) is 8.67. The van der Waals surface area contributed by atoms with Gasteiger partial charge in [0.25, 0.3) is 5.91 Å². The Morgan fingerprint density at radius 2 is 1.88 bits per heavy atom. The fourth-order valence-electron chi connectivity index (χ4n) is 3.73. The van der Waals surface area contributed by atoms with E-state index < -0.39 is 11.9 Å². The van der Waals surface area contributed by atoms with Gasteiger partial charge in [0.1, 0.15) is 6.04 Å². The van der Waals surface area contributed by atoms with Crippen LogP contribution in [0.5, 0.6) is 0 Å². The van der Waals surface area contributed by atoms with Crippen LogP contribution in [-0.2, 0) is 16.0 Å². The number of para-hydroxylation sites is 1. The number of hydrogen-bond donors (Lipinski definition) is 1. The zero-order valence-electron chi connectivity index (χ0n) is 14.2. The molecule has 2 aliphatic heterocycles. The van der Waals surface area contributed by atoms with Gasteiger partial charge in [0.05, 0.1) is 0 Å². The topological polar surface area (TPSA) is 83.7 Å². The third-order valence-corrected chi connectivity index (χ3v) is 5.00. The highest BCUT2D eigenvalue weighted by Crippen LogP contribution is 2.34. The molecule has 2 aliphatic rings. The predicted octanol–water partition coefficient (Wildman–Crippen LogP) is 1.87. The van der Waals surface area contributed by atoms with Crippen LogP contribution in [0.4, 0.5) is 11.4 Å². The van der Waals surface area contributed by atoms with Gasteiger partial charge in [-0.2, -0.15) is 0 Å². The number of anilines is 2. The van der Waals surface area contributed by atoms with E-state index >= 15 is 0 Å². The fraction of sp³-hybridized carbons (Fsp3) is 0.250. The van der Waals surface area contributed by atoms with E-state index in [4.69, 9.17) is 5.73 Å².